The molecule has 1 saturated carbocycles. The number of rotatable bonds is 1. The molecule has 0 atom stereocenters. The molecule has 2 rings (SSSR count). The fourth-order valence-corrected chi connectivity index (χ4v) is 2.41. The van der Waals surface area contributed by atoms with Crippen molar-refractivity contribution < 1.29 is 8.78 Å². The first-order valence-electron chi connectivity index (χ1n) is 5.75. The number of hydrogen-bond acceptors (Lipinski definition) is 1. The van der Waals surface area contributed by atoms with Crippen molar-refractivity contribution in [1.82, 2.24) is 0 Å². The zero-order valence-electron chi connectivity index (χ0n) is 9.47. The monoisotopic (exact) mass is 225 g/mol. The lowest BCUT2D eigenvalue weighted by Gasteiger charge is -2.36. The number of halogens is 2. The Morgan fingerprint density at radius 2 is 1.62 bits per heavy atom. The minimum atomic E-state index is -0.546. The van der Waals surface area contributed by atoms with E-state index in [0.717, 1.165) is 31.7 Å². The fourth-order valence-electron chi connectivity index (χ4n) is 2.41. The van der Waals surface area contributed by atoms with Gasteiger partial charge in [-0.15, -0.1) is 0 Å². The van der Waals surface area contributed by atoms with Crippen molar-refractivity contribution in [3.63, 3.8) is 0 Å². The van der Waals surface area contributed by atoms with Gasteiger partial charge < -0.3 is 5.73 Å². The largest absolute Gasteiger partial charge is 0.321 e. The average molecular weight is 225 g/mol. The summed E-state index contributed by atoms with van der Waals surface area (Å²) in [6.45, 7) is 2.19. The lowest BCUT2D eigenvalue weighted by molar-refractivity contribution is 0.246. The van der Waals surface area contributed by atoms with E-state index in [1.54, 1.807) is 0 Å². The minimum absolute atomic E-state index is 0.543. The third-order valence-corrected chi connectivity index (χ3v) is 3.60. The molecule has 1 aromatic carbocycles. The molecular weight excluding hydrogens is 208 g/mol. The molecule has 0 heterocycles. The van der Waals surface area contributed by atoms with Crippen LogP contribution in [0.3, 0.4) is 0 Å². The first kappa shape index (κ1) is 11.5. The van der Waals surface area contributed by atoms with Gasteiger partial charge in [0.1, 0.15) is 11.6 Å². The van der Waals surface area contributed by atoms with E-state index in [1.165, 1.54) is 12.1 Å². The van der Waals surface area contributed by atoms with Crippen LogP contribution < -0.4 is 5.73 Å². The van der Waals surface area contributed by atoms with Gasteiger partial charge in [-0.05, 0) is 49.3 Å². The van der Waals surface area contributed by atoms with Crippen molar-refractivity contribution in [3.05, 3.63) is 35.4 Å². The number of benzene rings is 1. The van der Waals surface area contributed by atoms with Crippen LogP contribution in [0, 0.1) is 17.6 Å². The third kappa shape index (κ3) is 2.24. The molecule has 0 bridgehead atoms. The molecule has 2 N–H and O–H groups in total. The van der Waals surface area contributed by atoms with Crippen molar-refractivity contribution >= 4 is 0 Å². The van der Waals surface area contributed by atoms with Crippen LogP contribution in [0.25, 0.3) is 0 Å². The van der Waals surface area contributed by atoms with Crippen LogP contribution in [-0.4, -0.2) is 0 Å². The Morgan fingerprint density at radius 1 is 1.12 bits per heavy atom. The van der Waals surface area contributed by atoms with Gasteiger partial charge in [0.25, 0.3) is 0 Å². The minimum Gasteiger partial charge on any atom is -0.321 e. The maximum absolute atomic E-state index is 13.1. The van der Waals surface area contributed by atoms with Crippen molar-refractivity contribution in [2.24, 2.45) is 11.7 Å². The van der Waals surface area contributed by atoms with Crippen LogP contribution in [0.1, 0.15) is 38.2 Å². The quantitative estimate of drug-likeness (QED) is 0.779. The summed E-state index contributed by atoms with van der Waals surface area (Å²) in [6, 6.07) is 3.61. The van der Waals surface area contributed by atoms with Gasteiger partial charge >= 0.3 is 0 Å². The number of hydrogen-bond donors (Lipinski definition) is 1. The van der Waals surface area contributed by atoms with Gasteiger partial charge in [0, 0.05) is 11.6 Å². The van der Waals surface area contributed by atoms with E-state index in [0.29, 0.717) is 11.5 Å². The predicted octanol–water partition coefficient (Wildman–Crippen LogP) is 3.33. The van der Waals surface area contributed by atoms with Crippen LogP contribution in [0.5, 0.6) is 0 Å². The summed E-state index contributed by atoms with van der Waals surface area (Å²) in [5.41, 5.74) is 6.30. The molecule has 1 fully saturated rings. The Balaban J connectivity index is 2.28. The van der Waals surface area contributed by atoms with Gasteiger partial charge in [0.05, 0.1) is 0 Å². The summed E-state index contributed by atoms with van der Waals surface area (Å²) >= 11 is 0. The van der Waals surface area contributed by atoms with Crippen LogP contribution in [0.2, 0.25) is 0 Å². The molecular formula is C13H17F2N. The SMILES string of the molecule is CC1CCC(N)(c2cc(F)cc(F)c2)CC1. The molecule has 1 aromatic rings. The summed E-state index contributed by atoms with van der Waals surface area (Å²) in [6.07, 6.45) is 3.65. The molecule has 88 valence electrons. The highest BCUT2D eigenvalue weighted by Gasteiger charge is 2.32. The first-order valence-corrected chi connectivity index (χ1v) is 5.75. The average Bonchev–Trinajstić information content (AvgIpc) is 2.21. The summed E-state index contributed by atoms with van der Waals surface area (Å²) in [4.78, 5) is 0. The van der Waals surface area contributed by atoms with E-state index in [9.17, 15) is 8.78 Å². The fraction of sp³-hybridized carbons (Fsp3) is 0.538. The Hall–Kier alpha value is -0.960. The first-order chi connectivity index (χ1) is 7.49. The van der Waals surface area contributed by atoms with Gasteiger partial charge in [-0.1, -0.05) is 6.92 Å². The Labute approximate surface area is 94.7 Å². The summed E-state index contributed by atoms with van der Waals surface area (Å²) < 4.78 is 26.3. The highest BCUT2D eigenvalue weighted by atomic mass is 19.1. The van der Waals surface area contributed by atoms with E-state index >= 15 is 0 Å². The molecule has 0 radical (unpaired) electrons. The zero-order valence-corrected chi connectivity index (χ0v) is 9.47. The van der Waals surface area contributed by atoms with Crippen molar-refractivity contribution in [1.29, 1.82) is 0 Å². The second-order valence-corrected chi connectivity index (χ2v) is 5.00. The van der Waals surface area contributed by atoms with Gasteiger partial charge in [0.2, 0.25) is 0 Å². The van der Waals surface area contributed by atoms with Crippen molar-refractivity contribution in [2.45, 2.75) is 38.1 Å². The van der Waals surface area contributed by atoms with Crippen molar-refractivity contribution in [3.8, 4) is 0 Å². The van der Waals surface area contributed by atoms with Crippen LogP contribution in [-0.2, 0) is 5.54 Å². The van der Waals surface area contributed by atoms with Gasteiger partial charge in [-0.2, -0.15) is 0 Å². The summed E-state index contributed by atoms with van der Waals surface area (Å²) in [5.74, 6) is -0.424. The summed E-state index contributed by atoms with van der Waals surface area (Å²) in [7, 11) is 0. The highest BCUT2D eigenvalue weighted by Crippen LogP contribution is 2.37. The second kappa shape index (κ2) is 4.13. The molecule has 3 heteroatoms. The van der Waals surface area contributed by atoms with E-state index in [2.05, 4.69) is 6.92 Å². The number of nitrogens with two attached hydrogens (primary N) is 1. The molecule has 1 aliphatic carbocycles. The molecule has 0 unspecified atom stereocenters. The second-order valence-electron chi connectivity index (χ2n) is 5.00. The third-order valence-electron chi connectivity index (χ3n) is 3.60. The van der Waals surface area contributed by atoms with Crippen LogP contribution in [0.4, 0.5) is 8.78 Å². The molecule has 0 aliphatic heterocycles. The van der Waals surface area contributed by atoms with E-state index in [-0.39, 0.29) is 0 Å². The zero-order chi connectivity index (χ0) is 11.8. The maximum Gasteiger partial charge on any atom is 0.126 e. The van der Waals surface area contributed by atoms with Crippen molar-refractivity contribution in [2.75, 3.05) is 0 Å². The molecule has 1 aliphatic rings. The molecule has 0 spiro atoms. The predicted molar refractivity (Wildman–Crippen MR) is 59.9 cm³/mol. The van der Waals surface area contributed by atoms with E-state index < -0.39 is 17.2 Å². The standard InChI is InChI=1S/C13H17F2N/c1-9-2-4-13(16,5-3-9)10-6-11(14)8-12(15)7-10/h6-9H,2-5,16H2,1H3. The van der Waals surface area contributed by atoms with Gasteiger partial charge in [-0.3, -0.25) is 0 Å². The molecule has 1 nitrogen and oxygen atoms in total. The summed E-state index contributed by atoms with van der Waals surface area (Å²) in [5, 5.41) is 0. The molecule has 0 amide bonds. The molecule has 0 aromatic heterocycles. The van der Waals surface area contributed by atoms with Gasteiger partial charge in [0.15, 0.2) is 0 Å². The van der Waals surface area contributed by atoms with E-state index in [4.69, 9.17) is 5.73 Å². The topological polar surface area (TPSA) is 26.0 Å². The normalized spacial score (nSPS) is 30.4. The van der Waals surface area contributed by atoms with Crippen LogP contribution in [0.15, 0.2) is 18.2 Å². The van der Waals surface area contributed by atoms with Gasteiger partial charge in [-0.25, -0.2) is 8.78 Å². The Morgan fingerprint density at radius 3 is 2.12 bits per heavy atom. The molecule has 0 saturated heterocycles. The Bertz CT molecular complexity index is 361. The Kier molecular flexibility index (Phi) is 2.98. The smallest absolute Gasteiger partial charge is 0.126 e. The lowest BCUT2D eigenvalue weighted by atomic mass is 9.74. The highest BCUT2D eigenvalue weighted by molar-refractivity contribution is 5.26. The molecule has 16 heavy (non-hydrogen) atoms. The lowest BCUT2D eigenvalue weighted by Crippen LogP contribution is -2.40. The maximum atomic E-state index is 13.1. The van der Waals surface area contributed by atoms with E-state index in [1.807, 2.05) is 0 Å². The van der Waals surface area contributed by atoms with Crippen LogP contribution >= 0.6 is 0 Å².